The minimum absolute atomic E-state index is 0.00125. The van der Waals surface area contributed by atoms with Crippen molar-refractivity contribution in [2.75, 3.05) is 19.6 Å². The molecule has 0 aliphatic carbocycles. The number of carbonyl (C=O) groups excluding carboxylic acids is 1. The standard InChI is InChI=1S/C28H23ClF6N4O2/c29-23-4-3-16(9-24(23)40)8-21-15-38(14-18-13-37-25-22(18)2-1-5-36-25)6-7-39(21)26(41)17-10-19(27(30,31)32)12-20(11-17)28(33,34)35/h1-5,9-13,21,40H,6-8,14-15H2,(H,36,37)/t21-/m1/s1. The molecular formula is C28H23ClF6N4O2. The quantitative estimate of drug-likeness (QED) is 0.257. The molecule has 1 atom stereocenters. The first-order chi connectivity index (χ1) is 19.3. The van der Waals surface area contributed by atoms with Crippen molar-refractivity contribution < 1.29 is 36.2 Å². The van der Waals surface area contributed by atoms with E-state index in [1.807, 2.05) is 17.2 Å². The van der Waals surface area contributed by atoms with Gasteiger partial charge in [0.1, 0.15) is 11.4 Å². The van der Waals surface area contributed by atoms with E-state index in [2.05, 4.69) is 9.97 Å². The molecule has 0 unspecified atom stereocenters. The lowest BCUT2D eigenvalue weighted by molar-refractivity contribution is -0.143. The maximum absolute atomic E-state index is 13.6. The lowest BCUT2D eigenvalue weighted by Crippen LogP contribution is -2.55. The summed E-state index contributed by atoms with van der Waals surface area (Å²) < 4.78 is 80.9. The number of aromatic hydroxyl groups is 1. The summed E-state index contributed by atoms with van der Waals surface area (Å²) in [6.45, 7) is 1.12. The number of benzene rings is 2. The second-order valence-corrected chi connectivity index (χ2v) is 10.3. The fourth-order valence-electron chi connectivity index (χ4n) is 5.09. The first-order valence-electron chi connectivity index (χ1n) is 12.5. The largest absolute Gasteiger partial charge is 0.506 e. The van der Waals surface area contributed by atoms with Crippen LogP contribution >= 0.6 is 11.6 Å². The smallest absolute Gasteiger partial charge is 0.416 e. The zero-order chi connectivity index (χ0) is 29.5. The number of phenols is 1. The summed E-state index contributed by atoms with van der Waals surface area (Å²) in [5.41, 5.74) is -1.57. The van der Waals surface area contributed by atoms with Gasteiger partial charge in [0.05, 0.1) is 16.1 Å². The number of nitrogens with zero attached hydrogens (tertiary/aromatic N) is 3. The summed E-state index contributed by atoms with van der Waals surface area (Å²) in [6.07, 6.45) is -6.51. The minimum atomic E-state index is -5.08. The number of H-pyrrole nitrogens is 1. The van der Waals surface area contributed by atoms with Crippen molar-refractivity contribution >= 4 is 28.5 Å². The second-order valence-electron chi connectivity index (χ2n) is 9.89. The maximum atomic E-state index is 13.6. The molecule has 3 heterocycles. The molecule has 1 aliphatic heterocycles. The number of nitrogens with one attached hydrogen (secondary N) is 1. The Morgan fingerprint density at radius 1 is 1.02 bits per heavy atom. The van der Waals surface area contributed by atoms with Gasteiger partial charge in [-0.15, -0.1) is 0 Å². The molecule has 1 aliphatic rings. The Hall–Kier alpha value is -3.77. The fourth-order valence-corrected chi connectivity index (χ4v) is 5.21. The Morgan fingerprint density at radius 2 is 1.73 bits per heavy atom. The van der Waals surface area contributed by atoms with Crippen LogP contribution in [-0.2, 0) is 25.3 Å². The van der Waals surface area contributed by atoms with Crippen LogP contribution in [0.15, 0.2) is 60.9 Å². The number of pyridine rings is 1. The predicted octanol–water partition coefficient (Wildman–Crippen LogP) is 6.53. The molecule has 2 aromatic carbocycles. The third-order valence-electron chi connectivity index (χ3n) is 7.07. The number of aromatic amines is 1. The number of halogens is 7. The van der Waals surface area contributed by atoms with Crippen LogP contribution in [0.5, 0.6) is 5.75 Å². The molecule has 1 fully saturated rings. The Morgan fingerprint density at radius 3 is 2.39 bits per heavy atom. The van der Waals surface area contributed by atoms with Crippen LogP contribution in [0.2, 0.25) is 5.02 Å². The average Bonchev–Trinajstić information content (AvgIpc) is 3.32. The molecule has 13 heteroatoms. The highest BCUT2D eigenvalue weighted by Gasteiger charge is 2.39. The SMILES string of the molecule is O=C(c1cc(C(F)(F)F)cc(C(F)(F)F)c1)N1CCN(Cc2c[nH]c3ncccc23)C[C@H]1Cc1ccc(Cl)c(O)c1. The summed E-state index contributed by atoms with van der Waals surface area (Å²) in [6, 6.07) is 8.51. The van der Waals surface area contributed by atoms with Gasteiger partial charge in [-0.1, -0.05) is 17.7 Å². The van der Waals surface area contributed by atoms with Gasteiger partial charge >= 0.3 is 12.4 Å². The van der Waals surface area contributed by atoms with Crippen LogP contribution in [0.4, 0.5) is 26.3 Å². The molecule has 1 amide bonds. The number of rotatable bonds is 5. The average molecular weight is 597 g/mol. The molecule has 2 N–H and O–H groups in total. The summed E-state index contributed by atoms with van der Waals surface area (Å²) >= 11 is 5.92. The molecule has 4 aromatic rings. The number of alkyl halides is 6. The van der Waals surface area contributed by atoms with Crippen molar-refractivity contribution in [3.63, 3.8) is 0 Å². The van der Waals surface area contributed by atoms with Crippen molar-refractivity contribution in [3.8, 4) is 5.75 Å². The van der Waals surface area contributed by atoms with E-state index in [9.17, 15) is 36.2 Å². The summed E-state index contributed by atoms with van der Waals surface area (Å²) in [5, 5.41) is 11.1. The van der Waals surface area contributed by atoms with Gasteiger partial charge in [0.25, 0.3) is 5.91 Å². The highest BCUT2D eigenvalue weighted by molar-refractivity contribution is 6.32. The number of fused-ring (bicyclic) bond motifs is 1. The van der Waals surface area contributed by atoms with Gasteiger partial charge in [-0.2, -0.15) is 26.3 Å². The normalized spacial score (nSPS) is 16.9. The summed E-state index contributed by atoms with van der Waals surface area (Å²) in [7, 11) is 0. The van der Waals surface area contributed by atoms with Crippen LogP contribution in [0.25, 0.3) is 11.0 Å². The van der Waals surface area contributed by atoms with Gasteiger partial charge in [-0.05, 0) is 60.0 Å². The van der Waals surface area contributed by atoms with Gasteiger partial charge in [-0.25, -0.2) is 4.98 Å². The molecule has 216 valence electrons. The second kappa shape index (κ2) is 10.9. The van der Waals surface area contributed by atoms with E-state index in [0.717, 1.165) is 10.9 Å². The van der Waals surface area contributed by atoms with Gasteiger partial charge in [-0.3, -0.25) is 9.69 Å². The molecule has 0 radical (unpaired) electrons. The van der Waals surface area contributed by atoms with Crippen LogP contribution in [0.3, 0.4) is 0 Å². The Balaban J connectivity index is 1.47. The van der Waals surface area contributed by atoms with Crippen LogP contribution in [-0.4, -0.2) is 56.5 Å². The minimum Gasteiger partial charge on any atom is -0.506 e. The number of amides is 1. The molecule has 0 spiro atoms. The Kier molecular flexibility index (Phi) is 7.64. The van der Waals surface area contributed by atoms with Crippen molar-refractivity contribution in [3.05, 3.63) is 93.8 Å². The third-order valence-corrected chi connectivity index (χ3v) is 7.39. The Labute approximate surface area is 235 Å². The van der Waals surface area contributed by atoms with Gasteiger partial charge in [0.15, 0.2) is 0 Å². The highest BCUT2D eigenvalue weighted by atomic mass is 35.5. The van der Waals surface area contributed by atoms with E-state index in [1.54, 1.807) is 18.3 Å². The molecule has 5 rings (SSSR count). The third kappa shape index (κ3) is 6.28. The van der Waals surface area contributed by atoms with Gasteiger partial charge in [0.2, 0.25) is 0 Å². The van der Waals surface area contributed by atoms with Gasteiger partial charge < -0.3 is 15.0 Å². The zero-order valence-corrected chi connectivity index (χ0v) is 22.0. The Bertz CT molecular complexity index is 1550. The maximum Gasteiger partial charge on any atom is 0.416 e. The topological polar surface area (TPSA) is 72.5 Å². The highest BCUT2D eigenvalue weighted by Crippen LogP contribution is 2.37. The number of hydrogen-bond donors (Lipinski definition) is 2. The van der Waals surface area contributed by atoms with Crippen LogP contribution in [0.1, 0.15) is 32.6 Å². The van der Waals surface area contributed by atoms with Crippen molar-refractivity contribution in [1.82, 2.24) is 19.8 Å². The van der Waals surface area contributed by atoms with E-state index in [0.29, 0.717) is 36.4 Å². The molecule has 6 nitrogen and oxygen atoms in total. The molecular weight excluding hydrogens is 574 g/mol. The van der Waals surface area contributed by atoms with Crippen molar-refractivity contribution in [1.29, 1.82) is 0 Å². The van der Waals surface area contributed by atoms with Crippen molar-refractivity contribution in [2.24, 2.45) is 0 Å². The van der Waals surface area contributed by atoms with Crippen LogP contribution in [0, 0.1) is 0 Å². The zero-order valence-electron chi connectivity index (χ0n) is 21.2. The monoisotopic (exact) mass is 596 g/mol. The number of phenolic OH excluding ortho intramolecular Hbond substituents is 1. The fraction of sp³-hybridized carbons (Fsp3) is 0.286. The van der Waals surface area contributed by atoms with Gasteiger partial charge in [0, 0.05) is 55.6 Å². The van der Waals surface area contributed by atoms with E-state index in [-0.39, 0.29) is 36.3 Å². The number of carbonyl (C=O) groups is 1. The summed E-state index contributed by atoms with van der Waals surface area (Å²) in [4.78, 5) is 24.3. The van der Waals surface area contributed by atoms with Crippen LogP contribution < -0.4 is 0 Å². The molecule has 0 saturated carbocycles. The van der Waals surface area contributed by atoms with E-state index < -0.39 is 41.0 Å². The number of hydrogen-bond acceptors (Lipinski definition) is 4. The first-order valence-corrected chi connectivity index (χ1v) is 12.9. The number of piperazine rings is 1. The summed E-state index contributed by atoms with van der Waals surface area (Å²) in [5.74, 6) is -1.13. The molecule has 2 aromatic heterocycles. The van der Waals surface area contributed by atoms with E-state index in [4.69, 9.17) is 11.6 Å². The lowest BCUT2D eigenvalue weighted by atomic mass is 9.98. The number of aromatic nitrogens is 2. The van der Waals surface area contributed by atoms with Crippen molar-refractivity contribution in [2.45, 2.75) is 31.4 Å². The van der Waals surface area contributed by atoms with E-state index in [1.165, 1.54) is 17.0 Å². The first kappa shape index (κ1) is 28.7. The predicted molar refractivity (Wildman–Crippen MR) is 139 cm³/mol. The molecule has 1 saturated heterocycles. The molecule has 0 bridgehead atoms. The lowest BCUT2D eigenvalue weighted by Gasteiger charge is -2.42. The molecule has 41 heavy (non-hydrogen) atoms. The van der Waals surface area contributed by atoms with E-state index >= 15 is 0 Å².